The van der Waals surface area contributed by atoms with Gasteiger partial charge in [-0.2, -0.15) is 4.31 Å². The average molecular weight is 347 g/mol. The van der Waals surface area contributed by atoms with Crippen molar-refractivity contribution in [3.63, 3.8) is 0 Å². The van der Waals surface area contributed by atoms with Gasteiger partial charge < -0.3 is 5.32 Å². The molecule has 1 unspecified atom stereocenters. The highest BCUT2D eigenvalue weighted by Crippen LogP contribution is 2.26. The zero-order valence-corrected chi connectivity index (χ0v) is 15.3. The standard InChI is InChI=1S/C16H26N2O2S.ClH/c1-4-14-6-7-16(10-15(14)5-2)21(19,20)18-9-8-13(12-18)11-17-3;/h6-7,10,13,17H,4-5,8-9,11-12H2,1-3H3;1H. The van der Waals surface area contributed by atoms with Crippen molar-refractivity contribution in [3.8, 4) is 0 Å². The minimum Gasteiger partial charge on any atom is -0.319 e. The van der Waals surface area contributed by atoms with Gasteiger partial charge in [0.05, 0.1) is 4.90 Å². The highest BCUT2D eigenvalue weighted by Gasteiger charge is 2.32. The van der Waals surface area contributed by atoms with Crippen LogP contribution in [-0.2, 0) is 22.9 Å². The number of nitrogens with zero attached hydrogens (tertiary/aromatic N) is 1. The molecule has 6 heteroatoms. The summed E-state index contributed by atoms with van der Waals surface area (Å²) in [6.07, 6.45) is 2.75. The van der Waals surface area contributed by atoms with Gasteiger partial charge in [-0.25, -0.2) is 8.42 Å². The van der Waals surface area contributed by atoms with Crippen LogP contribution in [0, 0.1) is 5.92 Å². The fourth-order valence-electron chi connectivity index (χ4n) is 3.06. The van der Waals surface area contributed by atoms with E-state index >= 15 is 0 Å². The van der Waals surface area contributed by atoms with E-state index in [0.29, 0.717) is 23.9 Å². The number of sulfonamides is 1. The molecule has 22 heavy (non-hydrogen) atoms. The molecule has 0 amide bonds. The molecule has 0 bridgehead atoms. The van der Waals surface area contributed by atoms with E-state index in [1.54, 1.807) is 10.4 Å². The first-order valence-electron chi connectivity index (χ1n) is 7.79. The maximum atomic E-state index is 12.8. The third kappa shape index (κ3) is 4.02. The summed E-state index contributed by atoms with van der Waals surface area (Å²) in [4.78, 5) is 0.446. The quantitative estimate of drug-likeness (QED) is 0.860. The van der Waals surface area contributed by atoms with Crippen LogP contribution < -0.4 is 5.32 Å². The molecule has 0 saturated carbocycles. The van der Waals surface area contributed by atoms with E-state index in [4.69, 9.17) is 0 Å². The molecule has 1 saturated heterocycles. The maximum absolute atomic E-state index is 12.8. The molecule has 1 aromatic carbocycles. The molecule has 0 radical (unpaired) electrons. The predicted octanol–water partition coefficient (Wildman–Crippen LogP) is 2.46. The summed E-state index contributed by atoms with van der Waals surface area (Å²) < 4.78 is 27.1. The highest BCUT2D eigenvalue weighted by atomic mass is 35.5. The monoisotopic (exact) mass is 346 g/mol. The van der Waals surface area contributed by atoms with Crippen molar-refractivity contribution < 1.29 is 8.42 Å². The summed E-state index contributed by atoms with van der Waals surface area (Å²) in [5.41, 5.74) is 2.38. The topological polar surface area (TPSA) is 49.4 Å². The molecule has 1 N–H and O–H groups in total. The molecule has 1 aromatic rings. The van der Waals surface area contributed by atoms with Crippen molar-refractivity contribution in [2.45, 2.75) is 38.0 Å². The second-order valence-electron chi connectivity index (χ2n) is 5.71. The summed E-state index contributed by atoms with van der Waals surface area (Å²) in [6.45, 7) is 6.31. The van der Waals surface area contributed by atoms with Crippen LogP contribution in [0.25, 0.3) is 0 Å². The number of hydrogen-bond acceptors (Lipinski definition) is 3. The molecule has 1 atom stereocenters. The maximum Gasteiger partial charge on any atom is 0.243 e. The van der Waals surface area contributed by atoms with Crippen LogP contribution in [0.4, 0.5) is 0 Å². The Balaban J connectivity index is 0.00000242. The fourth-order valence-corrected chi connectivity index (χ4v) is 4.64. The summed E-state index contributed by atoms with van der Waals surface area (Å²) in [6, 6.07) is 5.59. The lowest BCUT2D eigenvalue weighted by molar-refractivity contribution is 0.451. The van der Waals surface area contributed by atoms with Crippen molar-refractivity contribution in [2.75, 3.05) is 26.7 Å². The molecule has 1 fully saturated rings. The van der Waals surface area contributed by atoms with E-state index in [9.17, 15) is 8.42 Å². The summed E-state index contributed by atoms with van der Waals surface area (Å²) >= 11 is 0. The van der Waals surface area contributed by atoms with Crippen LogP contribution in [0.2, 0.25) is 0 Å². The van der Waals surface area contributed by atoms with Gasteiger partial charge >= 0.3 is 0 Å². The minimum atomic E-state index is -3.34. The Morgan fingerprint density at radius 1 is 1.23 bits per heavy atom. The Labute approximate surface area is 140 Å². The molecular weight excluding hydrogens is 320 g/mol. The Morgan fingerprint density at radius 2 is 1.91 bits per heavy atom. The van der Waals surface area contributed by atoms with E-state index in [2.05, 4.69) is 19.2 Å². The first-order valence-corrected chi connectivity index (χ1v) is 9.23. The van der Waals surface area contributed by atoms with Gasteiger partial charge in [0.1, 0.15) is 0 Å². The van der Waals surface area contributed by atoms with E-state index in [1.807, 2.05) is 19.2 Å². The molecular formula is C16H27ClN2O2S. The summed E-state index contributed by atoms with van der Waals surface area (Å²) in [5.74, 6) is 0.422. The normalized spacial score (nSPS) is 19.1. The van der Waals surface area contributed by atoms with Crippen molar-refractivity contribution in [3.05, 3.63) is 29.3 Å². The van der Waals surface area contributed by atoms with Crippen molar-refractivity contribution >= 4 is 22.4 Å². The van der Waals surface area contributed by atoms with Crippen LogP contribution in [0.1, 0.15) is 31.4 Å². The minimum absolute atomic E-state index is 0. The average Bonchev–Trinajstić information content (AvgIpc) is 2.96. The first-order chi connectivity index (χ1) is 10.0. The van der Waals surface area contributed by atoms with E-state index in [-0.39, 0.29) is 12.4 Å². The number of benzene rings is 1. The summed E-state index contributed by atoms with van der Waals surface area (Å²) in [7, 11) is -1.43. The molecule has 0 aromatic heterocycles. The zero-order valence-electron chi connectivity index (χ0n) is 13.6. The van der Waals surface area contributed by atoms with Crippen LogP contribution in [-0.4, -0.2) is 39.4 Å². The first kappa shape index (κ1) is 19.4. The SMILES string of the molecule is CCc1ccc(S(=O)(=O)N2CCC(CNC)C2)cc1CC.Cl. The van der Waals surface area contributed by atoms with Crippen molar-refractivity contribution in [1.29, 1.82) is 0 Å². The lowest BCUT2D eigenvalue weighted by atomic mass is 10.0. The zero-order chi connectivity index (χ0) is 15.5. The molecule has 1 aliphatic heterocycles. The third-order valence-electron chi connectivity index (χ3n) is 4.32. The summed E-state index contributed by atoms with van der Waals surface area (Å²) in [5, 5.41) is 3.13. The van der Waals surface area contributed by atoms with Crippen LogP contribution in [0.15, 0.2) is 23.1 Å². The molecule has 4 nitrogen and oxygen atoms in total. The second kappa shape index (κ2) is 8.29. The molecule has 1 heterocycles. The predicted molar refractivity (Wildman–Crippen MR) is 93.2 cm³/mol. The third-order valence-corrected chi connectivity index (χ3v) is 6.18. The van der Waals surface area contributed by atoms with Gasteiger partial charge in [-0.05, 0) is 62.0 Å². The number of aryl methyl sites for hydroxylation is 2. The van der Waals surface area contributed by atoms with Gasteiger partial charge in [-0.3, -0.25) is 0 Å². The van der Waals surface area contributed by atoms with E-state index < -0.39 is 10.0 Å². The molecule has 1 aliphatic rings. The van der Waals surface area contributed by atoms with Crippen LogP contribution in [0.5, 0.6) is 0 Å². The van der Waals surface area contributed by atoms with Gasteiger partial charge in [0.25, 0.3) is 0 Å². The highest BCUT2D eigenvalue weighted by molar-refractivity contribution is 7.89. The Hall–Kier alpha value is -0.620. The molecule has 0 spiro atoms. The molecule has 126 valence electrons. The number of rotatable bonds is 6. The molecule has 0 aliphatic carbocycles. The van der Waals surface area contributed by atoms with Gasteiger partial charge in [-0.1, -0.05) is 19.9 Å². The smallest absolute Gasteiger partial charge is 0.243 e. The fraction of sp³-hybridized carbons (Fsp3) is 0.625. The number of halogens is 1. The van der Waals surface area contributed by atoms with Crippen molar-refractivity contribution in [2.24, 2.45) is 5.92 Å². The van der Waals surface area contributed by atoms with Crippen molar-refractivity contribution in [1.82, 2.24) is 9.62 Å². The number of hydrogen-bond donors (Lipinski definition) is 1. The second-order valence-corrected chi connectivity index (χ2v) is 7.65. The van der Waals surface area contributed by atoms with Gasteiger partial charge in [0.2, 0.25) is 10.0 Å². The van der Waals surface area contributed by atoms with Crippen LogP contribution >= 0.6 is 12.4 Å². The van der Waals surface area contributed by atoms with Crippen LogP contribution in [0.3, 0.4) is 0 Å². The van der Waals surface area contributed by atoms with Gasteiger partial charge in [-0.15, -0.1) is 12.4 Å². The lowest BCUT2D eigenvalue weighted by Gasteiger charge is -2.18. The number of nitrogens with one attached hydrogen (secondary N) is 1. The Kier molecular flexibility index (Phi) is 7.32. The van der Waals surface area contributed by atoms with Gasteiger partial charge in [0, 0.05) is 13.1 Å². The Morgan fingerprint density at radius 3 is 2.50 bits per heavy atom. The molecule has 2 rings (SSSR count). The lowest BCUT2D eigenvalue weighted by Crippen LogP contribution is -2.30. The van der Waals surface area contributed by atoms with E-state index in [1.165, 1.54) is 5.56 Å². The van der Waals surface area contributed by atoms with Gasteiger partial charge in [0.15, 0.2) is 0 Å². The van der Waals surface area contributed by atoms with E-state index in [0.717, 1.165) is 31.4 Å². The largest absolute Gasteiger partial charge is 0.319 e. The Bertz CT molecular complexity index is 590.